The van der Waals surface area contributed by atoms with Gasteiger partial charge >= 0.3 is 0 Å². The number of rotatable bonds is 0. The van der Waals surface area contributed by atoms with E-state index in [2.05, 4.69) is 11.8 Å². The molecule has 0 radical (unpaired) electrons. The van der Waals surface area contributed by atoms with Crippen molar-refractivity contribution in [1.29, 1.82) is 0 Å². The molecule has 0 fully saturated rings. The van der Waals surface area contributed by atoms with Gasteiger partial charge in [0.25, 0.3) is 0 Å². The topological polar surface area (TPSA) is 40.5 Å². The van der Waals surface area contributed by atoms with Crippen LogP contribution in [-0.4, -0.2) is 10.2 Å². The Morgan fingerprint density at radius 3 is 1.81 bits per heavy atom. The Kier molecular flexibility index (Phi) is 2.72. The molecule has 0 saturated carbocycles. The fourth-order valence-corrected chi connectivity index (χ4v) is 2.99. The molecule has 3 rings (SSSR count). The van der Waals surface area contributed by atoms with Crippen molar-refractivity contribution in [3.05, 3.63) is 70.3 Å². The van der Waals surface area contributed by atoms with Crippen LogP contribution in [0.5, 0.6) is 0 Å². The molecule has 2 nitrogen and oxygen atoms in total. The lowest BCUT2D eigenvalue weighted by Gasteiger charge is -2.40. The van der Waals surface area contributed by atoms with Gasteiger partial charge in [0.05, 0.1) is 0 Å². The summed E-state index contributed by atoms with van der Waals surface area (Å²) in [6, 6.07) is 12.3. The summed E-state index contributed by atoms with van der Waals surface area (Å²) in [4.78, 5) is 0. The van der Waals surface area contributed by atoms with Gasteiger partial charge in [-0.15, -0.1) is 12.8 Å². The second-order valence-corrected chi connectivity index (χ2v) is 5.30. The maximum Gasteiger partial charge on any atom is 0.177 e. The summed E-state index contributed by atoms with van der Waals surface area (Å²) in [5, 5.41) is 22.0. The predicted octanol–water partition coefficient (Wildman–Crippen LogP) is 2.05. The van der Waals surface area contributed by atoms with E-state index >= 15 is 0 Å². The third-order valence-corrected chi connectivity index (χ3v) is 4.08. The van der Waals surface area contributed by atoms with Crippen molar-refractivity contribution in [3.63, 3.8) is 0 Å². The first-order valence-corrected chi connectivity index (χ1v) is 6.59. The summed E-state index contributed by atoms with van der Waals surface area (Å²) in [6.45, 7) is 1.90. The lowest BCUT2D eigenvalue weighted by Crippen LogP contribution is -2.41. The Bertz CT molecular complexity index is 822. The van der Waals surface area contributed by atoms with E-state index in [-0.39, 0.29) is 0 Å². The number of aliphatic hydroxyl groups is 2. The van der Waals surface area contributed by atoms with Crippen LogP contribution >= 0.6 is 0 Å². The summed E-state index contributed by atoms with van der Waals surface area (Å²) < 4.78 is 0. The highest BCUT2D eigenvalue weighted by atomic mass is 16.3. The van der Waals surface area contributed by atoms with Gasteiger partial charge in [-0.3, -0.25) is 0 Å². The molecule has 0 unspecified atom stereocenters. The summed E-state index contributed by atoms with van der Waals surface area (Å²) >= 11 is 0. The molecule has 0 amide bonds. The largest absolute Gasteiger partial charge is 0.369 e. The van der Waals surface area contributed by atoms with Crippen molar-refractivity contribution in [2.75, 3.05) is 0 Å². The smallest absolute Gasteiger partial charge is 0.177 e. The summed E-state index contributed by atoms with van der Waals surface area (Å²) in [7, 11) is 0. The first-order chi connectivity index (χ1) is 9.97. The lowest BCUT2D eigenvalue weighted by molar-refractivity contribution is 0.0945. The van der Waals surface area contributed by atoms with Crippen LogP contribution in [0.25, 0.3) is 0 Å². The molecule has 0 saturated heterocycles. The molecule has 0 aromatic heterocycles. The van der Waals surface area contributed by atoms with Crippen molar-refractivity contribution in [2.45, 2.75) is 18.1 Å². The molecule has 2 atom stereocenters. The minimum Gasteiger partial charge on any atom is -0.369 e. The number of benzene rings is 2. The zero-order valence-corrected chi connectivity index (χ0v) is 11.6. The van der Waals surface area contributed by atoms with Gasteiger partial charge in [0.1, 0.15) is 0 Å². The van der Waals surface area contributed by atoms with Crippen molar-refractivity contribution < 1.29 is 10.2 Å². The second kappa shape index (κ2) is 4.24. The third-order valence-electron chi connectivity index (χ3n) is 4.08. The number of aryl methyl sites for hydroxylation is 1. The van der Waals surface area contributed by atoms with Crippen LogP contribution in [0.3, 0.4) is 0 Å². The zero-order chi connectivity index (χ0) is 15.3. The molecule has 1 aliphatic rings. The SMILES string of the molecule is C#C[C@@]1(O)c2ccccc2[C@](O)(C#C)c2cc(C)ccc21. The van der Waals surface area contributed by atoms with E-state index in [0.29, 0.717) is 22.3 Å². The first-order valence-electron chi connectivity index (χ1n) is 6.59. The third kappa shape index (κ3) is 1.58. The molecule has 0 heterocycles. The van der Waals surface area contributed by atoms with Crippen LogP contribution in [0.2, 0.25) is 0 Å². The average molecular weight is 274 g/mol. The van der Waals surface area contributed by atoms with E-state index in [9.17, 15) is 10.2 Å². The molecule has 2 aromatic carbocycles. The Morgan fingerprint density at radius 1 is 0.810 bits per heavy atom. The molecule has 0 aliphatic heterocycles. The normalized spacial score (nSPS) is 26.1. The Hall–Kier alpha value is -2.52. The summed E-state index contributed by atoms with van der Waals surface area (Å²) in [5.74, 6) is 4.91. The molecule has 0 bridgehead atoms. The average Bonchev–Trinajstić information content (AvgIpc) is 2.52. The molecule has 2 aromatic rings. The van der Waals surface area contributed by atoms with E-state index in [1.165, 1.54) is 0 Å². The molecule has 2 heteroatoms. The van der Waals surface area contributed by atoms with Gasteiger partial charge in [-0.25, -0.2) is 0 Å². The highest BCUT2D eigenvalue weighted by Gasteiger charge is 2.47. The van der Waals surface area contributed by atoms with E-state index in [1.807, 2.05) is 13.0 Å². The van der Waals surface area contributed by atoms with Crippen LogP contribution < -0.4 is 0 Å². The van der Waals surface area contributed by atoms with E-state index in [1.54, 1.807) is 36.4 Å². The zero-order valence-electron chi connectivity index (χ0n) is 11.6. The Morgan fingerprint density at radius 2 is 1.29 bits per heavy atom. The van der Waals surface area contributed by atoms with Crippen molar-refractivity contribution in [1.82, 2.24) is 0 Å². The van der Waals surface area contributed by atoms with E-state index in [4.69, 9.17) is 12.8 Å². The van der Waals surface area contributed by atoms with Crippen LogP contribution in [0.4, 0.5) is 0 Å². The standard InChI is InChI=1S/C19H14O2/c1-4-18(20)14-8-6-7-9-15(14)19(21,5-2)17-12-13(3)10-11-16(17)18/h1-2,6-12,20-21H,3H3/t18-,19-/m1/s1. The van der Waals surface area contributed by atoms with Crippen molar-refractivity contribution in [3.8, 4) is 24.7 Å². The van der Waals surface area contributed by atoms with Crippen LogP contribution in [-0.2, 0) is 11.2 Å². The second-order valence-electron chi connectivity index (χ2n) is 5.30. The number of hydrogen-bond acceptors (Lipinski definition) is 2. The van der Waals surface area contributed by atoms with Crippen LogP contribution in [0.1, 0.15) is 27.8 Å². The summed E-state index contributed by atoms with van der Waals surface area (Å²) in [5.41, 5.74) is -0.445. The maximum atomic E-state index is 11.0. The van der Waals surface area contributed by atoms with Gasteiger partial charge < -0.3 is 10.2 Å². The number of fused-ring (bicyclic) bond motifs is 2. The van der Waals surface area contributed by atoms with Gasteiger partial charge in [-0.1, -0.05) is 59.9 Å². The Labute approximate surface area is 124 Å². The lowest BCUT2D eigenvalue weighted by atomic mass is 9.68. The van der Waals surface area contributed by atoms with E-state index in [0.717, 1.165) is 5.56 Å². The van der Waals surface area contributed by atoms with Crippen LogP contribution in [0.15, 0.2) is 42.5 Å². The number of terminal acetylenes is 2. The molecular weight excluding hydrogens is 260 g/mol. The summed E-state index contributed by atoms with van der Waals surface area (Å²) in [6.07, 6.45) is 11.2. The van der Waals surface area contributed by atoms with Gasteiger partial charge in [0, 0.05) is 22.3 Å². The predicted molar refractivity (Wildman–Crippen MR) is 81.3 cm³/mol. The maximum absolute atomic E-state index is 11.0. The highest BCUT2D eigenvalue weighted by molar-refractivity contribution is 5.63. The van der Waals surface area contributed by atoms with Gasteiger partial charge in [0.15, 0.2) is 11.2 Å². The number of hydrogen-bond donors (Lipinski definition) is 2. The minimum atomic E-state index is -1.60. The Balaban J connectivity index is 2.50. The molecule has 1 aliphatic carbocycles. The van der Waals surface area contributed by atoms with Crippen molar-refractivity contribution in [2.24, 2.45) is 0 Å². The molecule has 21 heavy (non-hydrogen) atoms. The van der Waals surface area contributed by atoms with Gasteiger partial charge in [-0.05, 0) is 6.92 Å². The van der Waals surface area contributed by atoms with Crippen LogP contribution in [0, 0.1) is 31.6 Å². The van der Waals surface area contributed by atoms with E-state index < -0.39 is 11.2 Å². The fourth-order valence-electron chi connectivity index (χ4n) is 2.99. The quantitative estimate of drug-likeness (QED) is 0.722. The molecule has 102 valence electrons. The molecule has 0 spiro atoms. The fraction of sp³-hybridized carbons (Fsp3) is 0.158. The van der Waals surface area contributed by atoms with Crippen molar-refractivity contribution >= 4 is 0 Å². The monoisotopic (exact) mass is 274 g/mol. The van der Waals surface area contributed by atoms with Gasteiger partial charge in [0.2, 0.25) is 0 Å². The first kappa shape index (κ1) is 13.5. The minimum absolute atomic E-state index is 0.448. The molecular formula is C19H14O2. The van der Waals surface area contributed by atoms with Gasteiger partial charge in [-0.2, -0.15) is 0 Å². The molecule has 2 N–H and O–H groups in total. The highest BCUT2D eigenvalue weighted by Crippen LogP contribution is 2.47.